The lowest BCUT2D eigenvalue weighted by Gasteiger charge is -2.49. The molecule has 3 fully saturated rings. The Morgan fingerprint density at radius 2 is 1.53 bits per heavy atom. The van der Waals surface area contributed by atoms with Crippen molar-refractivity contribution in [3.8, 4) is 0 Å². The van der Waals surface area contributed by atoms with Crippen molar-refractivity contribution in [2.45, 2.75) is 199 Å². The van der Waals surface area contributed by atoms with Crippen LogP contribution < -0.4 is 0 Å². The standard InChI is InChI=1S/C41H76N2O14/c1-17-28-41(12,49)33(45)23(4)30(42-57-38(8,9)50-15)21(2)19-39(10,48)35(56-37-31(44)27(43(13)14)18-22(3)52-37)24(5)32(25(6)36(47)54-28)55-29-20-40(11,51-16)34(46)26(7)53-29/h21-29,31-35,37,44-46,48-49H,17-20H2,1-16H3/t21-,22-,23+,24+,25-,26+,27?,28-,29?,31?,32+,33-,34?,35-,37?,39-,40?,41-/m1/s1. The maximum Gasteiger partial charge on any atom is 0.311 e. The van der Waals surface area contributed by atoms with Crippen molar-refractivity contribution in [2.75, 3.05) is 28.3 Å². The minimum atomic E-state index is -1.96. The Morgan fingerprint density at radius 1 is 0.912 bits per heavy atom. The maximum atomic E-state index is 14.3. The van der Waals surface area contributed by atoms with Gasteiger partial charge in [0.1, 0.15) is 23.9 Å². The highest BCUT2D eigenvalue weighted by Gasteiger charge is 2.53. The van der Waals surface area contributed by atoms with Crippen LogP contribution in [-0.2, 0) is 42.8 Å². The third-order valence-electron chi connectivity index (χ3n) is 12.7. The second-order valence-electron chi connectivity index (χ2n) is 18.3. The molecule has 6 unspecified atom stereocenters. The zero-order valence-electron chi connectivity index (χ0n) is 37.3. The molecule has 0 aliphatic carbocycles. The number of aliphatic hydroxyl groups excluding tert-OH is 3. The van der Waals surface area contributed by atoms with E-state index in [9.17, 15) is 30.3 Å². The second-order valence-corrected chi connectivity index (χ2v) is 18.3. The summed E-state index contributed by atoms with van der Waals surface area (Å²) in [5.41, 5.74) is -4.48. The van der Waals surface area contributed by atoms with E-state index >= 15 is 0 Å². The topological polar surface area (TPSA) is 208 Å². The van der Waals surface area contributed by atoms with Gasteiger partial charge in [-0.1, -0.05) is 32.9 Å². The SMILES string of the molecule is CC[C@H]1OC(=O)[C@H](C)[C@@H](OC2CC(C)(OC)C(O)[C@H](C)O2)[C@H](C)[C@@H](OC2O[C@H](C)CC(N(C)C)C2O)[C@](C)(O)C[C@@H](C)C(=NOC(C)(C)OC)[C@H](C)[C@@H](O)[C@]1(C)O. The molecule has 57 heavy (non-hydrogen) atoms. The molecule has 18 atom stereocenters. The molecule has 5 N–H and O–H groups in total. The lowest BCUT2D eigenvalue weighted by atomic mass is 9.73. The molecule has 16 nitrogen and oxygen atoms in total. The summed E-state index contributed by atoms with van der Waals surface area (Å²) in [6.07, 6.45) is -9.46. The van der Waals surface area contributed by atoms with Crippen molar-refractivity contribution in [1.82, 2.24) is 4.90 Å². The normalized spacial score (nSPS) is 46.7. The van der Waals surface area contributed by atoms with Gasteiger partial charge < -0.3 is 68.4 Å². The molecule has 3 saturated heterocycles. The number of likely N-dealkylation sites (N-methyl/N-ethyl adjacent to an activating group) is 1. The van der Waals surface area contributed by atoms with Crippen molar-refractivity contribution < 1.29 is 68.3 Å². The molecule has 0 aromatic heterocycles. The molecule has 16 heteroatoms. The van der Waals surface area contributed by atoms with Crippen LogP contribution in [0.5, 0.6) is 0 Å². The van der Waals surface area contributed by atoms with Crippen LogP contribution in [0.25, 0.3) is 0 Å². The number of oxime groups is 1. The monoisotopic (exact) mass is 821 g/mol. The molecule has 3 aliphatic rings. The highest BCUT2D eigenvalue weighted by molar-refractivity contribution is 5.88. The summed E-state index contributed by atoms with van der Waals surface area (Å²) in [5.74, 6) is -5.29. The van der Waals surface area contributed by atoms with Gasteiger partial charge in [0.2, 0.25) is 5.79 Å². The summed E-state index contributed by atoms with van der Waals surface area (Å²) < 4.78 is 43.1. The third kappa shape index (κ3) is 11.4. The fraction of sp³-hybridized carbons (Fsp3) is 0.951. The van der Waals surface area contributed by atoms with Crippen molar-refractivity contribution in [2.24, 2.45) is 28.8 Å². The van der Waals surface area contributed by atoms with E-state index in [0.29, 0.717) is 12.1 Å². The Kier molecular flexibility index (Phi) is 17.0. The minimum absolute atomic E-state index is 0.0278. The van der Waals surface area contributed by atoms with Crippen LogP contribution in [0.2, 0.25) is 0 Å². The van der Waals surface area contributed by atoms with E-state index in [2.05, 4.69) is 5.16 Å². The number of hydrogen-bond donors (Lipinski definition) is 5. The van der Waals surface area contributed by atoms with E-state index < -0.39 is 108 Å². The quantitative estimate of drug-likeness (QED) is 0.122. The molecule has 3 aliphatic heterocycles. The lowest BCUT2D eigenvalue weighted by molar-refractivity contribution is -0.317. The van der Waals surface area contributed by atoms with E-state index in [1.54, 1.807) is 62.3 Å². The van der Waals surface area contributed by atoms with Crippen LogP contribution in [0.3, 0.4) is 0 Å². The number of carbonyl (C=O) groups is 1. The van der Waals surface area contributed by atoms with Crippen molar-refractivity contribution in [1.29, 1.82) is 0 Å². The molecule has 0 bridgehead atoms. The lowest BCUT2D eigenvalue weighted by Crippen LogP contribution is -2.61. The van der Waals surface area contributed by atoms with Gasteiger partial charge >= 0.3 is 5.97 Å². The fourth-order valence-corrected chi connectivity index (χ4v) is 8.79. The average Bonchev–Trinajstić information content (AvgIpc) is 3.13. The van der Waals surface area contributed by atoms with Crippen LogP contribution in [0, 0.1) is 23.7 Å². The van der Waals surface area contributed by atoms with Gasteiger partial charge in [0.25, 0.3) is 0 Å². The number of carbonyl (C=O) groups excluding carboxylic acids is 1. The Morgan fingerprint density at radius 3 is 2.07 bits per heavy atom. The molecule has 0 aromatic rings. The maximum absolute atomic E-state index is 14.3. The second kappa shape index (κ2) is 19.4. The molecule has 0 radical (unpaired) electrons. The van der Waals surface area contributed by atoms with Crippen LogP contribution in [0.1, 0.15) is 109 Å². The van der Waals surface area contributed by atoms with Crippen LogP contribution in [0.4, 0.5) is 0 Å². The zero-order chi connectivity index (χ0) is 43.6. The third-order valence-corrected chi connectivity index (χ3v) is 12.7. The number of aliphatic hydroxyl groups is 5. The van der Waals surface area contributed by atoms with Gasteiger partial charge in [-0.05, 0) is 74.9 Å². The van der Waals surface area contributed by atoms with E-state index in [1.807, 2.05) is 32.8 Å². The molecular weight excluding hydrogens is 744 g/mol. The van der Waals surface area contributed by atoms with Gasteiger partial charge in [0.15, 0.2) is 12.6 Å². The first-order chi connectivity index (χ1) is 26.2. The molecule has 0 aromatic carbocycles. The molecule has 3 heterocycles. The number of hydrogen-bond acceptors (Lipinski definition) is 16. The van der Waals surface area contributed by atoms with Gasteiger partial charge in [-0.2, -0.15) is 0 Å². The van der Waals surface area contributed by atoms with Crippen LogP contribution in [-0.4, -0.2) is 160 Å². The molecule has 0 amide bonds. The van der Waals surface area contributed by atoms with Crippen LogP contribution >= 0.6 is 0 Å². The molecular formula is C41H76N2O14. The summed E-state index contributed by atoms with van der Waals surface area (Å²) in [6, 6.07) is -0.325. The molecule has 0 spiro atoms. The first-order valence-electron chi connectivity index (χ1n) is 20.5. The highest BCUT2D eigenvalue weighted by atomic mass is 16.8. The van der Waals surface area contributed by atoms with E-state index in [-0.39, 0.29) is 31.4 Å². The Bertz CT molecular complexity index is 1330. The largest absolute Gasteiger partial charge is 0.459 e. The number of rotatable bonds is 10. The first kappa shape index (κ1) is 49.8. The summed E-state index contributed by atoms with van der Waals surface area (Å²) in [4.78, 5) is 22.1. The predicted octanol–water partition coefficient (Wildman–Crippen LogP) is 2.97. The Labute approximate surface area is 340 Å². The van der Waals surface area contributed by atoms with Gasteiger partial charge in [0, 0.05) is 58.3 Å². The van der Waals surface area contributed by atoms with Crippen LogP contribution in [0.15, 0.2) is 5.16 Å². The van der Waals surface area contributed by atoms with Gasteiger partial charge in [-0.15, -0.1) is 0 Å². The number of methoxy groups -OCH3 is 2. The van der Waals surface area contributed by atoms with Crippen molar-refractivity contribution >= 4 is 11.7 Å². The fourth-order valence-electron chi connectivity index (χ4n) is 8.79. The van der Waals surface area contributed by atoms with E-state index in [0.717, 1.165) is 0 Å². The minimum Gasteiger partial charge on any atom is -0.459 e. The smallest absolute Gasteiger partial charge is 0.311 e. The molecule has 334 valence electrons. The summed E-state index contributed by atoms with van der Waals surface area (Å²) >= 11 is 0. The average molecular weight is 821 g/mol. The van der Waals surface area contributed by atoms with E-state index in [4.69, 9.17) is 38.0 Å². The van der Waals surface area contributed by atoms with Crippen molar-refractivity contribution in [3.05, 3.63) is 0 Å². The number of cyclic esters (lactones) is 1. The van der Waals surface area contributed by atoms with Gasteiger partial charge in [-0.3, -0.25) is 4.79 Å². The Hall–Kier alpha value is -1.54. The van der Waals surface area contributed by atoms with Crippen molar-refractivity contribution in [3.63, 3.8) is 0 Å². The highest BCUT2D eigenvalue weighted by Crippen LogP contribution is 2.41. The van der Waals surface area contributed by atoms with E-state index in [1.165, 1.54) is 21.1 Å². The number of nitrogens with zero attached hydrogens (tertiary/aromatic N) is 2. The molecule has 0 saturated carbocycles. The number of esters is 1. The Balaban J connectivity index is 2.27. The zero-order valence-corrected chi connectivity index (χ0v) is 37.3. The molecule has 3 rings (SSSR count). The van der Waals surface area contributed by atoms with Gasteiger partial charge in [0.05, 0.1) is 53.4 Å². The first-order valence-corrected chi connectivity index (χ1v) is 20.5. The summed E-state index contributed by atoms with van der Waals surface area (Å²) in [5, 5.41) is 63.7. The number of ether oxygens (including phenoxy) is 7. The van der Waals surface area contributed by atoms with Gasteiger partial charge in [-0.25, -0.2) is 0 Å². The summed E-state index contributed by atoms with van der Waals surface area (Å²) in [7, 11) is 6.69. The predicted molar refractivity (Wildman–Crippen MR) is 211 cm³/mol. The summed E-state index contributed by atoms with van der Waals surface area (Å²) in [6.45, 7) is 20.3.